The lowest BCUT2D eigenvalue weighted by Crippen LogP contribution is -2.15. The molecule has 0 amide bonds. The molecule has 6 heteroatoms. The zero-order valence-corrected chi connectivity index (χ0v) is 11.6. The van der Waals surface area contributed by atoms with E-state index in [1.807, 2.05) is 0 Å². The Morgan fingerprint density at radius 2 is 1.58 bits per heavy atom. The highest BCUT2D eigenvalue weighted by Gasteiger charge is 2.11. The van der Waals surface area contributed by atoms with E-state index in [4.69, 9.17) is 17.3 Å². The van der Waals surface area contributed by atoms with E-state index >= 15 is 0 Å². The normalized spacial score (nSPS) is 11.2. The molecule has 0 saturated carbocycles. The Labute approximate surface area is 117 Å². The van der Waals surface area contributed by atoms with Crippen molar-refractivity contribution < 1.29 is 8.42 Å². The maximum Gasteiger partial charge on any atom is 0.236 e. The summed E-state index contributed by atoms with van der Waals surface area (Å²) in [7, 11) is -3.45. The summed E-state index contributed by atoms with van der Waals surface area (Å²) in [5, 5.41) is 0.557. The highest BCUT2D eigenvalue weighted by Crippen LogP contribution is 2.16. The van der Waals surface area contributed by atoms with Crippen molar-refractivity contribution in [2.75, 3.05) is 10.5 Å². The van der Waals surface area contributed by atoms with E-state index in [1.165, 1.54) is 0 Å². The van der Waals surface area contributed by atoms with Crippen LogP contribution < -0.4 is 10.5 Å². The Hall–Kier alpha value is -1.72. The lowest BCUT2D eigenvalue weighted by molar-refractivity contribution is 0.600. The molecule has 0 atom stereocenters. The van der Waals surface area contributed by atoms with Gasteiger partial charge in [-0.1, -0.05) is 23.7 Å². The van der Waals surface area contributed by atoms with E-state index in [-0.39, 0.29) is 5.75 Å². The highest BCUT2D eigenvalue weighted by molar-refractivity contribution is 7.91. The third-order valence-corrected chi connectivity index (χ3v) is 3.97. The van der Waals surface area contributed by atoms with E-state index in [0.717, 1.165) is 0 Å². The van der Waals surface area contributed by atoms with Crippen molar-refractivity contribution in [2.45, 2.75) is 5.75 Å². The maximum absolute atomic E-state index is 12.0. The van der Waals surface area contributed by atoms with E-state index in [9.17, 15) is 8.42 Å². The first-order valence-electron chi connectivity index (χ1n) is 5.55. The van der Waals surface area contributed by atoms with Gasteiger partial charge in [0.25, 0.3) is 0 Å². The zero-order valence-electron chi connectivity index (χ0n) is 10.0. The van der Waals surface area contributed by atoms with Gasteiger partial charge in [-0.2, -0.15) is 0 Å². The smallest absolute Gasteiger partial charge is 0.236 e. The molecule has 0 aliphatic rings. The molecule has 0 unspecified atom stereocenters. The fourth-order valence-corrected chi connectivity index (χ4v) is 2.89. The quantitative estimate of drug-likeness (QED) is 0.852. The first kappa shape index (κ1) is 13.7. The maximum atomic E-state index is 12.0. The summed E-state index contributed by atoms with van der Waals surface area (Å²) in [5.41, 5.74) is 7.32. The lowest BCUT2D eigenvalue weighted by atomic mass is 10.2. The average molecular weight is 297 g/mol. The second-order valence-electron chi connectivity index (χ2n) is 4.11. The van der Waals surface area contributed by atoms with Gasteiger partial charge in [-0.3, -0.25) is 4.72 Å². The van der Waals surface area contributed by atoms with Gasteiger partial charge in [0.2, 0.25) is 10.0 Å². The topological polar surface area (TPSA) is 72.2 Å². The summed E-state index contributed by atoms with van der Waals surface area (Å²) in [4.78, 5) is 0. The van der Waals surface area contributed by atoms with E-state index in [1.54, 1.807) is 48.5 Å². The molecule has 0 aliphatic carbocycles. The van der Waals surface area contributed by atoms with Crippen LogP contribution in [0.4, 0.5) is 11.4 Å². The molecule has 100 valence electrons. The van der Waals surface area contributed by atoms with Crippen molar-refractivity contribution in [1.82, 2.24) is 0 Å². The molecule has 4 nitrogen and oxygen atoms in total. The number of anilines is 2. The lowest BCUT2D eigenvalue weighted by Gasteiger charge is -2.08. The molecule has 2 rings (SSSR count). The number of nitrogen functional groups attached to an aromatic ring is 1. The summed E-state index contributed by atoms with van der Waals surface area (Å²) in [6, 6.07) is 13.2. The number of hydrogen-bond acceptors (Lipinski definition) is 3. The molecular formula is C13H13ClN2O2S. The molecule has 2 aromatic carbocycles. The zero-order chi connectivity index (χ0) is 13.9. The van der Waals surface area contributed by atoms with Crippen LogP contribution in [0.3, 0.4) is 0 Å². The monoisotopic (exact) mass is 296 g/mol. The minimum atomic E-state index is -3.45. The van der Waals surface area contributed by atoms with Crippen molar-refractivity contribution in [3.8, 4) is 0 Å². The van der Waals surface area contributed by atoms with Crippen molar-refractivity contribution in [2.24, 2.45) is 0 Å². The van der Waals surface area contributed by atoms with Crippen LogP contribution in [0.2, 0.25) is 5.02 Å². The Morgan fingerprint density at radius 3 is 2.16 bits per heavy atom. The van der Waals surface area contributed by atoms with Crippen molar-refractivity contribution in [3.63, 3.8) is 0 Å². The van der Waals surface area contributed by atoms with Crippen molar-refractivity contribution >= 4 is 33.0 Å². The second kappa shape index (κ2) is 5.50. The van der Waals surface area contributed by atoms with Gasteiger partial charge in [-0.15, -0.1) is 0 Å². The van der Waals surface area contributed by atoms with Gasteiger partial charge < -0.3 is 5.73 Å². The van der Waals surface area contributed by atoms with Gasteiger partial charge in [0.15, 0.2) is 0 Å². The molecule has 0 saturated heterocycles. The number of sulfonamides is 1. The average Bonchev–Trinajstić information content (AvgIpc) is 2.34. The summed E-state index contributed by atoms with van der Waals surface area (Å²) >= 11 is 5.74. The largest absolute Gasteiger partial charge is 0.399 e. The summed E-state index contributed by atoms with van der Waals surface area (Å²) < 4.78 is 26.4. The van der Waals surface area contributed by atoms with Crippen LogP contribution in [0, 0.1) is 0 Å². The Bertz CT molecular complexity index is 599. The van der Waals surface area contributed by atoms with Gasteiger partial charge in [-0.25, -0.2) is 8.42 Å². The Morgan fingerprint density at radius 1 is 1.00 bits per heavy atom. The molecule has 0 aromatic heterocycles. The van der Waals surface area contributed by atoms with Crippen LogP contribution >= 0.6 is 11.6 Å². The molecule has 0 aliphatic heterocycles. The number of halogens is 1. The summed E-state index contributed by atoms with van der Waals surface area (Å²) in [5.74, 6) is -0.101. The molecule has 19 heavy (non-hydrogen) atoms. The van der Waals surface area contributed by atoms with Gasteiger partial charge in [0.1, 0.15) is 0 Å². The molecule has 3 N–H and O–H groups in total. The summed E-state index contributed by atoms with van der Waals surface area (Å²) in [6.07, 6.45) is 0. The molecular weight excluding hydrogens is 284 g/mol. The van der Waals surface area contributed by atoms with Crippen LogP contribution in [0.1, 0.15) is 5.56 Å². The standard InChI is InChI=1S/C13H13ClN2O2S/c14-11-3-7-13(8-4-11)16-19(17,18)9-10-1-5-12(15)6-2-10/h1-8,16H,9,15H2. The third kappa shape index (κ3) is 4.15. The molecule has 0 heterocycles. The van der Waals surface area contributed by atoms with Crippen LogP contribution in [0.25, 0.3) is 0 Å². The molecule has 2 aromatic rings. The third-order valence-electron chi connectivity index (χ3n) is 2.45. The minimum Gasteiger partial charge on any atom is -0.399 e. The highest BCUT2D eigenvalue weighted by atomic mass is 35.5. The van der Waals surface area contributed by atoms with Gasteiger partial charge in [0.05, 0.1) is 5.75 Å². The molecule has 0 radical (unpaired) electrons. The van der Waals surface area contributed by atoms with E-state index in [2.05, 4.69) is 4.72 Å². The van der Waals surface area contributed by atoms with Gasteiger partial charge in [-0.05, 0) is 42.0 Å². The SMILES string of the molecule is Nc1ccc(CS(=O)(=O)Nc2ccc(Cl)cc2)cc1. The minimum absolute atomic E-state index is 0.101. The van der Waals surface area contributed by atoms with Crippen molar-refractivity contribution in [3.05, 3.63) is 59.1 Å². The summed E-state index contributed by atoms with van der Waals surface area (Å²) in [6.45, 7) is 0. The van der Waals surface area contributed by atoms with E-state index < -0.39 is 10.0 Å². The van der Waals surface area contributed by atoms with Gasteiger partial charge in [0, 0.05) is 16.4 Å². The molecule has 0 bridgehead atoms. The molecule has 0 spiro atoms. The first-order chi connectivity index (χ1) is 8.94. The van der Waals surface area contributed by atoms with Crippen molar-refractivity contribution in [1.29, 1.82) is 0 Å². The number of nitrogens with one attached hydrogen (secondary N) is 1. The fourth-order valence-electron chi connectivity index (χ4n) is 1.57. The fraction of sp³-hybridized carbons (Fsp3) is 0.0769. The first-order valence-corrected chi connectivity index (χ1v) is 7.58. The Balaban J connectivity index is 2.10. The number of benzene rings is 2. The predicted molar refractivity (Wildman–Crippen MR) is 78.6 cm³/mol. The number of hydrogen-bond donors (Lipinski definition) is 2. The predicted octanol–water partition coefficient (Wildman–Crippen LogP) is 2.86. The number of nitrogens with two attached hydrogens (primary N) is 1. The van der Waals surface area contributed by atoms with Gasteiger partial charge >= 0.3 is 0 Å². The number of rotatable bonds is 4. The molecule has 0 fully saturated rings. The van der Waals surface area contributed by atoms with Crippen LogP contribution in [-0.2, 0) is 15.8 Å². The van der Waals surface area contributed by atoms with Crippen LogP contribution in [0.15, 0.2) is 48.5 Å². The van der Waals surface area contributed by atoms with Crippen LogP contribution in [-0.4, -0.2) is 8.42 Å². The second-order valence-corrected chi connectivity index (χ2v) is 6.27. The Kier molecular flexibility index (Phi) is 3.97. The van der Waals surface area contributed by atoms with E-state index in [0.29, 0.717) is 22.0 Å². The van der Waals surface area contributed by atoms with Crippen LogP contribution in [0.5, 0.6) is 0 Å².